The molecular weight excluding hydrogens is 296 g/mol. The second-order valence-electron chi connectivity index (χ2n) is 7.60. The van der Waals surface area contributed by atoms with E-state index < -0.39 is 0 Å². The fraction of sp³-hybridized carbons (Fsp3) is 0.882. The Balaban J connectivity index is 1.23. The molecule has 2 amide bonds. The van der Waals surface area contributed by atoms with Gasteiger partial charge < -0.3 is 19.3 Å². The third-order valence-electron chi connectivity index (χ3n) is 5.83. The number of amides is 2. The maximum atomic E-state index is 12.3. The second-order valence-corrected chi connectivity index (χ2v) is 7.60. The van der Waals surface area contributed by atoms with Crippen molar-refractivity contribution in [3.8, 4) is 0 Å². The van der Waals surface area contributed by atoms with E-state index in [1.807, 2.05) is 9.80 Å². The van der Waals surface area contributed by atoms with Crippen molar-refractivity contribution in [2.75, 3.05) is 46.0 Å². The number of likely N-dealkylation sites (tertiary alicyclic amines) is 2. The lowest BCUT2D eigenvalue weighted by molar-refractivity contribution is -0.192. The van der Waals surface area contributed by atoms with Gasteiger partial charge in [-0.05, 0) is 25.7 Å². The van der Waals surface area contributed by atoms with Gasteiger partial charge >= 0.3 is 0 Å². The standard InChI is InChI=1S/C17H26N2O4/c20-15-2-1-6-18(15)8-13-3-5-17(23-9-13)11-19(12-17)16(21)14-4-7-22-10-14/h13-14H,1-12H2/t13-,14-/m1/s1. The molecular formula is C17H26N2O4. The van der Waals surface area contributed by atoms with Crippen LogP contribution in [0.15, 0.2) is 0 Å². The number of carbonyl (C=O) groups excluding carboxylic acids is 2. The van der Waals surface area contributed by atoms with Crippen molar-refractivity contribution in [3.05, 3.63) is 0 Å². The smallest absolute Gasteiger partial charge is 0.228 e. The van der Waals surface area contributed by atoms with Crippen molar-refractivity contribution in [3.63, 3.8) is 0 Å². The zero-order valence-corrected chi connectivity index (χ0v) is 13.7. The van der Waals surface area contributed by atoms with Gasteiger partial charge in [-0.3, -0.25) is 9.59 Å². The quantitative estimate of drug-likeness (QED) is 0.766. The average Bonchev–Trinajstić information content (AvgIpc) is 3.18. The Morgan fingerprint density at radius 2 is 2.13 bits per heavy atom. The highest BCUT2D eigenvalue weighted by Crippen LogP contribution is 2.37. The normalized spacial score (nSPS) is 33.3. The van der Waals surface area contributed by atoms with Crippen molar-refractivity contribution in [2.45, 2.75) is 37.7 Å². The van der Waals surface area contributed by atoms with Crippen molar-refractivity contribution >= 4 is 11.8 Å². The number of ether oxygens (including phenoxy) is 2. The molecule has 6 nitrogen and oxygen atoms in total. The molecule has 4 heterocycles. The highest BCUT2D eigenvalue weighted by atomic mass is 16.5. The van der Waals surface area contributed by atoms with E-state index >= 15 is 0 Å². The van der Waals surface area contributed by atoms with E-state index in [2.05, 4.69) is 0 Å². The topological polar surface area (TPSA) is 59.1 Å². The molecule has 0 radical (unpaired) electrons. The maximum Gasteiger partial charge on any atom is 0.228 e. The zero-order valence-electron chi connectivity index (χ0n) is 13.7. The van der Waals surface area contributed by atoms with E-state index in [0.29, 0.717) is 31.5 Å². The first-order chi connectivity index (χ1) is 11.2. The molecule has 0 aromatic carbocycles. The van der Waals surface area contributed by atoms with Gasteiger partial charge in [0.1, 0.15) is 5.60 Å². The van der Waals surface area contributed by atoms with Crippen LogP contribution in [-0.4, -0.2) is 73.2 Å². The fourth-order valence-corrected chi connectivity index (χ4v) is 4.31. The molecule has 0 N–H and O–H groups in total. The van der Waals surface area contributed by atoms with Gasteiger partial charge in [0, 0.05) is 32.0 Å². The number of nitrogens with zero attached hydrogens (tertiary/aromatic N) is 2. The number of hydrogen-bond acceptors (Lipinski definition) is 4. The fourth-order valence-electron chi connectivity index (χ4n) is 4.31. The molecule has 6 heteroatoms. The molecule has 0 bridgehead atoms. The van der Waals surface area contributed by atoms with Crippen LogP contribution in [0, 0.1) is 11.8 Å². The summed E-state index contributed by atoms with van der Waals surface area (Å²) in [4.78, 5) is 28.0. The molecule has 0 aromatic heterocycles. The second kappa shape index (κ2) is 6.06. The summed E-state index contributed by atoms with van der Waals surface area (Å²) in [7, 11) is 0. The van der Waals surface area contributed by atoms with E-state index in [-0.39, 0.29) is 17.4 Å². The zero-order chi connectivity index (χ0) is 15.9. The molecule has 0 unspecified atom stereocenters. The molecule has 128 valence electrons. The summed E-state index contributed by atoms with van der Waals surface area (Å²) < 4.78 is 11.4. The molecule has 4 rings (SSSR count). The van der Waals surface area contributed by atoms with E-state index in [0.717, 1.165) is 58.5 Å². The largest absolute Gasteiger partial charge is 0.381 e. The minimum Gasteiger partial charge on any atom is -0.381 e. The predicted octanol–water partition coefficient (Wildman–Crippen LogP) is 0.653. The molecule has 1 spiro atoms. The van der Waals surface area contributed by atoms with E-state index in [1.165, 1.54) is 0 Å². The van der Waals surface area contributed by atoms with Crippen LogP contribution in [-0.2, 0) is 19.1 Å². The van der Waals surface area contributed by atoms with E-state index in [1.54, 1.807) is 0 Å². The molecule has 4 fully saturated rings. The minimum atomic E-state index is -0.110. The van der Waals surface area contributed by atoms with Gasteiger partial charge in [-0.1, -0.05) is 0 Å². The summed E-state index contributed by atoms with van der Waals surface area (Å²) >= 11 is 0. The monoisotopic (exact) mass is 322 g/mol. The molecule has 0 saturated carbocycles. The Labute approximate surface area is 137 Å². The summed E-state index contributed by atoms with van der Waals surface area (Å²) in [5.41, 5.74) is -0.110. The predicted molar refractivity (Wildman–Crippen MR) is 82.7 cm³/mol. The van der Waals surface area contributed by atoms with Gasteiger partial charge in [-0.25, -0.2) is 0 Å². The molecule has 0 aromatic rings. The van der Waals surface area contributed by atoms with Gasteiger partial charge in [0.15, 0.2) is 0 Å². The Morgan fingerprint density at radius 3 is 2.74 bits per heavy atom. The lowest BCUT2D eigenvalue weighted by Gasteiger charge is -2.53. The van der Waals surface area contributed by atoms with Crippen molar-refractivity contribution in [1.29, 1.82) is 0 Å². The van der Waals surface area contributed by atoms with Crippen LogP contribution < -0.4 is 0 Å². The Morgan fingerprint density at radius 1 is 1.26 bits per heavy atom. The van der Waals surface area contributed by atoms with Gasteiger partial charge in [0.25, 0.3) is 0 Å². The first-order valence-electron chi connectivity index (χ1n) is 8.93. The molecule has 2 atom stereocenters. The van der Waals surface area contributed by atoms with Gasteiger partial charge in [0.2, 0.25) is 11.8 Å². The Kier molecular flexibility index (Phi) is 4.05. The van der Waals surface area contributed by atoms with Crippen LogP contribution in [0.1, 0.15) is 32.1 Å². The van der Waals surface area contributed by atoms with Crippen LogP contribution in [0.4, 0.5) is 0 Å². The van der Waals surface area contributed by atoms with Gasteiger partial charge in [-0.2, -0.15) is 0 Å². The molecule has 4 saturated heterocycles. The average molecular weight is 322 g/mol. The molecule has 4 aliphatic heterocycles. The lowest BCUT2D eigenvalue weighted by atomic mass is 9.82. The summed E-state index contributed by atoms with van der Waals surface area (Å²) in [6.07, 6.45) is 4.66. The number of carbonyl (C=O) groups is 2. The van der Waals surface area contributed by atoms with Gasteiger partial charge in [0.05, 0.1) is 32.2 Å². The van der Waals surface area contributed by atoms with Crippen molar-refractivity contribution in [2.24, 2.45) is 11.8 Å². The van der Waals surface area contributed by atoms with Gasteiger partial charge in [-0.15, -0.1) is 0 Å². The number of rotatable bonds is 3. The Hall–Kier alpha value is -1.14. The van der Waals surface area contributed by atoms with Crippen molar-refractivity contribution < 1.29 is 19.1 Å². The summed E-state index contributed by atoms with van der Waals surface area (Å²) in [5, 5.41) is 0. The number of hydrogen-bond donors (Lipinski definition) is 0. The van der Waals surface area contributed by atoms with Crippen LogP contribution in [0.5, 0.6) is 0 Å². The third kappa shape index (κ3) is 2.98. The summed E-state index contributed by atoms with van der Waals surface area (Å²) in [6.45, 7) is 5.23. The van der Waals surface area contributed by atoms with Crippen LogP contribution >= 0.6 is 0 Å². The Bertz CT molecular complexity index is 473. The first-order valence-corrected chi connectivity index (χ1v) is 8.93. The minimum absolute atomic E-state index is 0.0601. The highest BCUT2D eigenvalue weighted by molar-refractivity contribution is 5.80. The molecule has 4 aliphatic rings. The van der Waals surface area contributed by atoms with Crippen LogP contribution in [0.3, 0.4) is 0 Å². The first kappa shape index (κ1) is 15.4. The van der Waals surface area contributed by atoms with Crippen molar-refractivity contribution in [1.82, 2.24) is 9.80 Å². The van der Waals surface area contributed by atoms with E-state index in [9.17, 15) is 9.59 Å². The lowest BCUT2D eigenvalue weighted by Crippen LogP contribution is -2.67. The van der Waals surface area contributed by atoms with Crippen LogP contribution in [0.25, 0.3) is 0 Å². The highest BCUT2D eigenvalue weighted by Gasteiger charge is 2.49. The SMILES string of the molecule is O=C1CCCN1C[C@H]1CCC2(CN(C(=O)[C@@H]3CCOC3)C2)OC1. The van der Waals surface area contributed by atoms with Crippen LogP contribution in [0.2, 0.25) is 0 Å². The molecule has 0 aliphatic carbocycles. The maximum absolute atomic E-state index is 12.3. The molecule has 23 heavy (non-hydrogen) atoms. The third-order valence-corrected chi connectivity index (χ3v) is 5.83. The van der Waals surface area contributed by atoms with E-state index in [4.69, 9.17) is 9.47 Å². The summed E-state index contributed by atoms with van der Waals surface area (Å²) in [5.74, 6) is 1.05. The summed E-state index contributed by atoms with van der Waals surface area (Å²) in [6, 6.07) is 0.